The van der Waals surface area contributed by atoms with Crippen LogP contribution in [0, 0.1) is 0 Å². The highest BCUT2D eigenvalue weighted by Crippen LogP contribution is 2.11. The molecule has 130 valence electrons. The van der Waals surface area contributed by atoms with E-state index in [0.29, 0.717) is 13.1 Å². The van der Waals surface area contributed by atoms with Gasteiger partial charge in [-0.15, -0.1) is 0 Å². The predicted octanol–water partition coefficient (Wildman–Crippen LogP) is 1.17. The van der Waals surface area contributed by atoms with Gasteiger partial charge in [-0.1, -0.05) is 30.3 Å². The molecule has 1 heterocycles. The molecule has 0 spiro atoms. The third-order valence-corrected chi connectivity index (χ3v) is 3.88. The highest BCUT2D eigenvalue weighted by atomic mass is 16.5. The molecule has 3 amide bonds. The molecular weight excluding hydrogens is 310 g/mol. The molecule has 0 saturated carbocycles. The number of nitrogens with zero attached hydrogens (tertiary/aromatic N) is 1. The Morgan fingerprint density at radius 3 is 2.42 bits per heavy atom. The minimum Gasteiger partial charge on any atom is -0.445 e. The third kappa shape index (κ3) is 5.57. The van der Waals surface area contributed by atoms with Gasteiger partial charge in [0.2, 0.25) is 11.8 Å². The van der Waals surface area contributed by atoms with E-state index >= 15 is 0 Å². The van der Waals surface area contributed by atoms with Crippen molar-refractivity contribution < 1.29 is 19.1 Å². The summed E-state index contributed by atoms with van der Waals surface area (Å²) in [6.07, 6.45) is 1.95. The second-order valence-electron chi connectivity index (χ2n) is 5.82. The number of carbonyl (C=O) groups is 3. The molecule has 1 aromatic rings. The number of alkyl carbamates (subject to hydrolysis) is 1. The van der Waals surface area contributed by atoms with Crippen molar-refractivity contribution in [3.05, 3.63) is 35.9 Å². The van der Waals surface area contributed by atoms with E-state index < -0.39 is 18.0 Å². The average molecular weight is 333 g/mol. The molecule has 0 aliphatic carbocycles. The van der Waals surface area contributed by atoms with Gasteiger partial charge < -0.3 is 20.7 Å². The topological polar surface area (TPSA) is 102 Å². The van der Waals surface area contributed by atoms with Crippen LogP contribution in [0.3, 0.4) is 0 Å². The smallest absolute Gasteiger partial charge is 0.408 e. The predicted molar refractivity (Wildman–Crippen MR) is 87.8 cm³/mol. The standard InChI is InChI=1S/C17H23N3O4/c18-15(21)11-14(16(22)20-9-5-2-6-10-20)19-17(23)24-12-13-7-3-1-4-8-13/h1,3-4,7-8,14H,2,5-6,9-12H2,(H2,18,21)(H,19,23). The minimum atomic E-state index is -0.983. The van der Waals surface area contributed by atoms with Crippen LogP contribution < -0.4 is 11.1 Å². The SMILES string of the molecule is NC(=O)CC(NC(=O)OCc1ccccc1)C(=O)N1CCCCC1. The Labute approximate surface area is 141 Å². The van der Waals surface area contributed by atoms with Crippen LogP contribution in [0.25, 0.3) is 0 Å². The number of benzene rings is 1. The first-order chi connectivity index (χ1) is 11.6. The molecule has 1 saturated heterocycles. The zero-order valence-corrected chi connectivity index (χ0v) is 13.6. The molecule has 1 fully saturated rings. The van der Waals surface area contributed by atoms with E-state index in [-0.39, 0.29) is 18.9 Å². The fraction of sp³-hybridized carbons (Fsp3) is 0.471. The van der Waals surface area contributed by atoms with E-state index in [0.717, 1.165) is 24.8 Å². The summed E-state index contributed by atoms with van der Waals surface area (Å²) in [7, 11) is 0. The minimum absolute atomic E-state index is 0.0911. The maximum Gasteiger partial charge on any atom is 0.408 e. The quantitative estimate of drug-likeness (QED) is 0.816. The molecule has 24 heavy (non-hydrogen) atoms. The number of amides is 3. The number of piperidine rings is 1. The van der Waals surface area contributed by atoms with Gasteiger partial charge in [0, 0.05) is 13.1 Å². The lowest BCUT2D eigenvalue weighted by Crippen LogP contribution is -2.51. The van der Waals surface area contributed by atoms with Gasteiger partial charge in [-0.25, -0.2) is 4.79 Å². The van der Waals surface area contributed by atoms with Crippen LogP contribution in [0.2, 0.25) is 0 Å². The molecule has 7 nitrogen and oxygen atoms in total. The zero-order chi connectivity index (χ0) is 17.4. The molecule has 2 rings (SSSR count). The molecule has 1 aliphatic heterocycles. The maximum atomic E-state index is 12.5. The van der Waals surface area contributed by atoms with Crippen LogP contribution in [0.4, 0.5) is 4.79 Å². The van der Waals surface area contributed by atoms with Crippen LogP contribution in [-0.4, -0.2) is 41.9 Å². The number of primary amides is 1. The average Bonchev–Trinajstić information content (AvgIpc) is 2.60. The second-order valence-corrected chi connectivity index (χ2v) is 5.82. The van der Waals surface area contributed by atoms with Crippen molar-refractivity contribution in [2.45, 2.75) is 38.3 Å². The molecule has 1 aromatic carbocycles. The molecule has 1 aliphatic rings. The lowest BCUT2D eigenvalue weighted by molar-refractivity contribution is -0.136. The summed E-state index contributed by atoms with van der Waals surface area (Å²) in [5, 5.41) is 2.46. The molecular formula is C17H23N3O4. The Morgan fingerprint density at radius 2 is 1.79 bits per heavy atom. The van der Waals surface area contributed by atoms with E-state index in [2.05, 4.69) is 5.32 Å². The summed E-state index contributed by atoms with van der Waals surface area (Å²) in [6, 6.07) is 8.21. The van der Waals surface area contributed by atoms with Crippen molar-refractivity contribution >= 4 is 17.9 Å². The molecule has 0 aromatic heterocycles. The maximum absolute atomic E-state index is 12.5. The van der Waals surface area contributed by atoms with Gasteiger partial charge in [0.1, 0.15) is 12.6 Å². The first-order valence-electron chi connectivity index (χ1n) is 8.10. The summed E-state index contributed by atoms with van der Waals surface area (Å²) in [5.74, 6) is -0.932. The van der Waals surface area contributed by atoms with Crippen molar-refractivity contribution in [3.8, 4) is 0 Å². The summed E-state index contributed by atoms with van der Waals surface area (Å²) in [5.41, 5.74) is 6.03. The van der Waals surface area contributed by atoms with E-state index in [9.17, 15) is 14.4 Å². The van der Waals surface area contributed by atoms with Crippen molar-refractivity contribution in [1.82, 2.24) is 10.2 Å². The van der Waals surface area contributed by atoms with Gasteiger partial charge in [-0.2, -0.15) is 0 Å². The van der Waals surface area contributed by atoms with E-state index in [4.69, 9.17) is 10.5 Å². The Bertz CT molecular complexity index is 570. The largest absolute Gasteiger partial charge is 0.445 e. The fourth-order valence-electron chi connectivity index (χ4n) is 2.64. The van der Waals surface area contributed by atoms with Gasteiger partial charge >= 0.3 is 6.09 Å². The van der Waals surface area contributed by atoms with E-state index in [1.54, 1.807) is 4.90 Å². The highest BCUT2D eigenvalue weighted by Gasteiger charge is 2.28. The lowest BCUT2D eigenvalue weighted by atomic mass is 10.1. The van der Waals surface area contributed by atoms with Crippen molar-refractivity contribution in [2.75, 3.05) is 13.1 Å². The number of hydrogen-bond acceptors (Lipinski definition) is 4. The number of nitrogens with two attached hydrogens (primary N) is 1. The van der Waals surface area contributed by atoms with Crippen LogP contribution >= 0.6 is 0 Å². The normalized spacial score (nSPS) is 15.4. The number of hydrogen-bond donors (Lipinski definition) is 2. The van der Waals surface area contributed by atoms with Crippen LogP contribution in [0.15, 0.2) is 30.3 Å². The van der Waals surface area contributed by atoms with Crippen molar-refractivity contribution in [1.29, 1.82) is 0 Å². The fourth-order valence-corrected chi connectivity index (χ4v) is 2.64. The number of nitrogens with one attached hydrogen (secondary N) is 1. The van der Waals surface area contributed by atoms with Crippen molar-refractivity contribution in [3.63, 3.8) is 0 Å². The molecule has 1 unspecified atom stereocenters. The number of likely N-dealkylation sites (tertiary alicyclic amines) is 1. The summed E-state index contributed by atoms with van der Waals surface area (Å²) in [6.45, 7) is 1.36. The first kappa shape index (κ1) is 17.8. The molecule has 3 N–H and O–H groups in total. The summed E-state index contributed by atoms with van der Waals surface area (Å²) < 4.78 is 5.10. The zero-order valence-electron chi connectivity index (χ0n) is 13.6. The Hall–Kier alpha value is -2.57. The summed E-state index contributed by atoms with van der Waals surface area (Å²) >= 11 is 0. The van der Waals surface area contributed by atoms with E-state index in [1.165, 1.54) is 0 Å². The molecule has 7 heteroatoms. The summed E-state index contributed by atoms with van der Waals surface area (Å²) in [4.78, 5) is 37.3. The van der Waals surface area contributed by atoms with Crippen LogP contribution in [-0.2, 0) is 20.9 Å². The number of ether oxygens (including phenoxy) is 1. The van der Waals surface area contributed by atoms with Crippen LogP contribution in [0.5, 0.6) is 0 Å². The Morgan fingerprint density at radius 1 is 1.12 bits per heavy atom. The van der Waals surface area contributed by atoms with Gasteiger partial charge in [-0.3, -0.25) is 9.59 Å². The highest BCUT2D eigenvalue weighted by molar-refractivity contribution is 5.90. The molecule has 0 radical (unpaired) electrons. The molecule has 1 atom stereocenters. The van der Waals surface area contributed by atoms with Crippen LogP contribution in [0.1, 0.15) is 31.2 Å². The number of carbonyl (C=O) groups excluding carboxylic acids is 3. The lowest BCUT2D eigenvalue weighted by Gasteiger charge is -2.30. The first-order valence-corrected chi connectivity index (χ1v) is 8.10. The Kier molecular flexibility index (Phi) is 6.60. The number of rotatable bonds is 6. The second kappa shape index (κ2) is 8.90. The molecule has 0 bridgehead atoms. The van der Waals surface area contributed by atoms with Gasteiger partial charge in [0.15, 0.2) is 0 Å². The Balaban J connectivity index is 1.90. The van der Waals surface area contributed by atoms with Gasteiger partial charge in [-0.05, 0) is 24.8 Å². The monoisotopic (exact) mass is 333 g/mol. The van der Waals surface area contributed by atoms with Crippen molar-refractivity contribution in [2.24, 2.45) is 5.73 Å². The van der Waals surface area contributed by atoms with Gasteiger partial charge in [0.05, 0.1) is 6.42 Å². The van der Waals surface area contributed by atoms with E-state index in [1.807, 2.05) is 30.3 Å². The van der Waals surface area contributed by atoms with Gasteiger partial charge in [0.25, 0.3) is 0 Å². The third-order valence-electron chi connectivity index (χ3n) is 3.88.